The van der Waals surface area contributed by atoms with Gasteiger partial charge in [-0.2, -0.15) is 0 Å². The number of rotatable bonds is 5. The van der Waals surface area contributed by atoms with Gasteiger partial charge in [-0.25, -0.2) is 0 Å². The van der Waals surface area contributed by atoms with Crippen molar-refractivity contribution in [1.82, 2.24) is 19.7 Å². The summed E-state index contributed by atoms with van der Waals surface area (Å²) < 4.78 is 7.47. The highest BCUT2D eigenvalue weighted by atomic mass is 16.5. The molecule has 1 aromatic carbocycles. The first kappa shape index (κ1) is 15.6. The second-order valence-corrected chi connectivity index (χ2v) is 6.92. The monoisotopic (exact) mass is 328 g/mol. The number of nitrogens with zero attached hydrogens (tertiary/aromatic N) is 4. The summed E-state index contributed by atoms with van der Waals surface area (Å²) in [7, 11) is 3.73. The Hall–Kier alpha value is -1.92. The number of β-amino-alcohol motifs (C(OH)–C–C–N with tert-alkyl or cyclic N) is 1. The van der Waals surface area contributed by atoms with E-state index in [-0.39, 0.29) is 12.1 Å². The lowest BCUT2D eigenvalue weighted by atomic mass is 10.0. The molecule has 24 heavy (non-hydrogen) atoms. The van der Waals surface area contributed by atoms with Gasteiger partial charge < -0.3 is 14.4 Å². The molecule has 1 aromatic heterocycles. The average molecular weight is 328 g/mol. The molecule has 2 fully saturated rings. The van der Waals surface area contributed by atoms with Gasteiger partial charge in [0, 0.05) is 25.6 Å². The highest BCUT2D eigenvalue weighted by molar-refractivity contribution is 5.31. The van der Waals surface area contributed by atoms with Crippen LogP contribution >= 0.6 is 0 Å². The molecule has 0 radical (unpaired) electrons. The summed E-state index contributed by atoms with van der Waals surface area (Å²) in [5.74, 6) is 3.51. The molecular weight excluding hydrogens is 304 g/mol. The fourth-order valence-corrected chi connectivity index (χ4v) is 3.64. The number of hydrogen-bond acceptors (Lipinski definition) is 5. The molecule has 0 amide bonds. The van der Waals surface area contributed by atoms with E-state index >= 15 is 0 Å². The topological polar surface area (TPSA) is 63.4 Å². The van der Waals surface area contributed by atoms with Crippen molar-refractivity contribution in [3.05, 3.63) is 41.5 Å². The van der Waals surface area contributed by atoms with Gasteiger partial charge in [0.15, 0.2) is 0 Å². The van der Waals surface area contributed by atoms with Crippen LogP contribution in [-0.2, 0) is 13.6 Å². The molecule has 4 rings (SSSR count). The number of hydrogen-bond donors (Lipinski definition) is 1. The van der Waals surface area contributed by atoms with Crippen molar-refractivity contribution >= 4 is 0 Å². The van der Waals surface area contributed by atoms with Gasteiger partial charge in [0.2, 0.25) is 0 Å². The fraction of sp³-hybridized carbons (Fsp3) is 0.556. The van der Waals surface area contributed by atoms with Crippen LogP contribution in [0.3, 0.4) is 0 Å². The first-order valence-electron chi connectivity index (χ1n) is 8.60. The molecule has 1 N–H and O–H groups in total. The van der Waals surface area contributed by atoms with Gasteiger partial charge in [-0.1, -0.05) is 12.1 Å². The summed E-state index contributed by atoms with van der Waals surface area (Å²) in [5.41, 5.74) is 1.18. The normalized spacial score (nSPS) is 24.5. The van der Waals surface area contributed by atoms with E-state index in [2.05, 4.69) is 38.8 Å². The molecule has 6 nitrogen and oxygen atoms in total. The summed E-state index contributed by atoms with van der Waals surface area (Å²) >= 11 is 0. The van der Waals surface area contributed by atoms with Crippen LogP contribution in [0.2, 0.25) is 0 Å². The number of benzene rings is 1. The molecule has 0 unspecified atom stereocenters. The number of aromatic nitrogens is 3. The van der Waals surface area contributed by atoms with Crippen molar-refractivity contribution in [2.45, 2.75) is 43.9 Å². The SMILES string of the molecule is COc1cccc([C@H]2C[C@@H](O)CN2Cc2nnc(C3CC3)n2C)c1. The largest absolute Gasteiger partial charge is 0.497 e. The Morgan fingerprint density at radius 2 is 2.12 bits per heavy atom. The number of aliphatic hydroxyl groups is 1. The van der Waals surface area contributed by atoms with Crippen LogP contribution in [0.15, 0.2) is 24.3 Å². The quantitative estimate of drug-likeness (QED) is 0.910. The van der Waals surface area contributed by atoms with Gasteiger partial charge in [0.25, 0.3) is 0 Å². The Morgan fingerprint density at radius 3 is 2.88 bits per heavy atom. The van der Waals surface area contributed by atoms with Crippen LogP contribution in [0, 0.1) is 0 Å². The van der Waals surface area contributed by atoms with Crippen molar-refractivity contribution in [3.8, 4) is 5.75 Å². The predicted octanol–water partition coefficient (Wildman–Crippen LogP) is 2.01. The first-order chi connectivity index (χ1) is 11.7. The zero-order valence-corrected chi connectivity index (χ0v) is 14.2. The van der Waals surface area contributed by atoms with Gasteiger partial charge in [-0.3, -0.25) is 4.90 Å². The molecular formula is C18H24N4O2. The van der Waals surface area contributed by atoms with E-state index in [0.29, 0.717) is 19.0 Å². The average Bonchev–Trinajstić information content (AvgIpc) is 3.28. The number of ether oxygens (including phenoxy) is 1. The molecule has 0 bridgehead atoms. The van der Waals surface area contributed by atoms with Crippen LogP contribution in [0.1, 0.15) is 48.4 Å². The minimum atomic E-state index is -0.308. The number of aliphatic hydroxyl groups excluding tert-OH is 1. The summed E-state index contributed by atoms with van der Waals surface area (Å²) in [4.78, 5) is 2.29. The Kier molecular flexibility index (Phi) is 4.02. The van der Waals surface area contributed by atoms with Gasteiger partial charge >= 0.3 is 0 Å². The maximum absolute atomic E-state index is 10.2. The van der Waals surface area contributed by atoms with E-state index in [0.717, 1.165) is 23.8 Å². The smallest absolute Gasteiger partial charge is 0.146 e. The van der Waals surface area contributed by atoms with Crippen LogP contribution < -0.4 is 4.74 Å². The third-order valence-electron chi connectivity index (χ3n) is 5.15. The third kappa shape index (κ3) is 2.91. The van der Waals surface area contributed by atoms with E-state index in [1.807, 2.05) is 12.1 Å². The van der Waals surface area contributed by atoms with Crippen molar-refractivity contribution in [3.63, 3.8) is 0 Å². The van der Waals surface area contributed by atoms with Crippen LogP contribution in [0.25, 0.3) is 0 Å². The molecule has 0 spiro atoms. The molecule has 1 saturated heterocycles. The van der Waals surface area contributed by atoms with Crippen LogP contribution in [0.4, 0.5) is 0 Å². The molecule has 1 aliphatic carbocycles. The van der Waals surface area contributed by atoms with E-state index in [4.69, 9.17) is 4.74 Å². The third-order valence-corrected chi connectivity index (χ3v) is 5.15. The molecule has 1 aliphatic heterocycles. The minimum Gasteiger partial charge on any atom is -0.497 e. The predicted molar refractivity (Wildman–Crippen MR) is 89.7 cm³/mol. The molecule has 2 heterocycles. The second-order valence-electron chi connectivity index (χ2n) is 6.92. The van der Waals surface area contributed by atoms with Gasteiger partial charge in [-0.05, 0) is 37.0 Å². The second kappa shape index (κ2) is 6.18. The first-order valence-corrected chi connectivity index (χ1v) is 8.60. The lowest BCUT2D eigenvalue weighted by Crippen LogP contribution is -2.26. The lowest BCUT2D eigenvalue weighted by molar-refractivity contribution is 0.170. The Bertz CT molecular complexity index is 726. The minimum absolute atomic E-state index is 0.177. The summed E-state index contributed by atoms with van der Waals surface area (Å²) in [6, 6.07) is 8.29. The number of methoxy groups -OCH3 is 1. The van der Waals surface area contributed by atoms with E-state index in [1.54, 1.807) is 7.11 Å². The Balaban J connectivity index is 1.56. The van der Waals surface area contributed by atoms with E-state index < -0.39 is 0 Å². The van der Waals surface area contributed by atoms with Crippen molar-refractivity contribution in [2.24, 2.45) is 7.05 Å². The van der Waals surface area contributed by atoms with Crippen molar-refractivity contribution in [1.29, 1.82) is 0 Å². The molecule has 1 saturated carbocycles. The van der Waals surface area contributed by atoms with Gasteiger partial charge in [0.05, 0.1) is 19.8 Å². The standard InChI is InChI=1S/C18H24N4O2/c1-21-17(19-20-18(21)12-6-7-12)11-22-10-14(23)9-16(22)13-4-3-5-15(8-13)24-2/h3-5,8,12,14,16,23H,6-7,9-11H2,1-2H3/t14-,16-/m1/s1. The van der Waals surface area contributed by atoms with Gasteiger partial charge in [0.1, 0.15) is 17.4 Å². The van der Waals surface area contributed by atoms with E-state index in [1.165, 1.54) is 18.4 Å². The summed E-state index contributed by atoms with van der Waals surface area (Å²) in [6.45, 7) is 1.36. The van der Waals surface area contributed by atoms with Crippen molar-refractivity contribution < 1.29 is 9.84 Å². The zero-order valence-electron chi connectivity index (χ0n) is 14.2. The summed E-state index contributed by atoms with van der Waals surface area (Å²) in [6.07, 6.45) is 2.87. The van der Waals surface area contributed by atoms with E-state index in [9.17, 15) is 5.11 Å². The molecule has 2 aromatic rings. The maximum Gasteiger partial charge on any atom is 0.146 e. The molecule has 2 atom stereocenters. The van der Waals surface area contributed by atoms with Crippen molar-refractivity contribution in [2.75, 3.05) is 13.7 Å². The fourth-order valence-electron chi connectivity index (χ4n) is 3.64. The zero-order chi connectivity index (χ0) is 16.7. The molecule has 2 aliphatic rings. The number of likely N-dealkylation sites (tertiary alicyclic amines) is 1. The Morgan fingerprint density at radius 1 is 1.29 bits per heavy atom. The van der Waals surface area contributed by atoms with Gasteiger partial charge in [-0.15, -0.1) is 10.2 Å². The van der Waals surface area contributed by atoms with Crippen LogP contribution in [0.5, 0.6) is 5.75 Å². The lowest BCUT2D eigenvalue weighted by Gasteiger charge is -2.24. The molecule has 6 heteroatoms. The maximum atomic E-state index is 10.2. The summed E-state index contributed by atoms with van der Waals surface area (Å²) in [5, 5.41) is 19.0. The Labute approximate surface area is 142 Å². The molecule has 128 valence electrons. The van der Waals surface area contributed by atoms with Crippen LogP contribution in [-0.4, -0.2) is 44.5 Å². The highest BCUT2D eigenvalue weighted by Crippen LogP contribution is 2.39. The highest BCUT2D eigenvalue weighted by Gasteiger charge is 2.34.